The van der Waals surface area contributed by atoms with Crippen molar-refractivity contribution in [2.45, 2.75) is 26.5 Å². The van der Waals surface area contributed by atoms with E-state index < -0.39 is 0 Å². The fraction of sp³-hybridized carbons (Fsp3) is 0.312. The zero-order valence-corrected chi connectivity index (χ0v) is 13.4. The quantitative estimate of drug-likeness (QED) is 0.863. The SMILES string of the molecule is CCNC(C)c1ccc(OCc2ccc(Br)cc2)cn1. The molecule has 0 fully saturated rings. The van der Waals surface area contributed by atoms with Gasteiger partial charge in [0.25, 0.3) is 0 Å². The molecule has 1 heterocycles. The maximum atomic E-state index is 5.73. The average Bonchev–Trinajstić information content (AvgIpc) is 2.47. The molecule has 3 nitrogen and oxygen atoms in total. The van der Waals surface area contributed by atoms with E-state index in [2.05, 4.69) is 40.1 Å². The van der Waals surface area contributed by atoms with Crippen molar-refractivity contribution in [2.75, 3.05) is 6.54 Å². The third-order valence-corrected chi connectivity index (χ3v) is 3.56. The number of rotatable bonds is 6. The van der Waals surface area contributed by atoms with Crippen LogP contribution in [0.25, 0.3) is 0 Å². The number of aromatic nitrogens is 1. The van der Waals surface area contributed by atoms with Crippen LogP contribution >= 0.6 is 15.9 Å². The Labute approximate surface area is 128 Å². The first-order valence-corrected chi connectivity index (χ1v) is 7.55. The molecule has 0 amide bonds. The molecule has 0 bridgehead atoms. The van der Waals surface area contributed by atoms with Gasteiger partial charge in [0.1, 0.15) is 12.4 Å². The highest BCUT2D eigenvalue weighted by Gasteiger charge is 2.05. The van der Waals surface area contributed by atoms with E-state index in [-0.39, 0.29) is 6.04 Å². The van der Waals surface area contributed by atoms with Crippen molar-refractivity contribution in [3.63, 3.8) is 0 Å². The monoisotopic (exact) mass is 334 g/mol. The van der Waals surface area contributed by atoms with E-state index in [4.69, 9.17) is 4.74 Å². The zero-order valence-electron chi connectivity index (χ0n) is 11.8. The number of pyridine rings is 1. The normalized spacial score (nSPS) is 12.2. The Morgan fingerprint density at radius 2 is 1.95 bits per heavy atom. The summed E-state index contributed by atoms with van der Waals surface area (Å²) in [4.78, 5) is 4.43. The molecule has 0 aliphatic carbocycles. The van der Waals surface area contributed by atoms with E-state index >= 15 is 0 Å². The van der Waals surface area contributed by atoms with Crippen molar-refractivity contribution in [3.05, 3.63) is 58.3 Å². The van der Waals surface area contributed by atoms with Gasteiger partial charge in [-0.25, -0.2) is 0 Å². The van der Waals surface area contributed by atoms with E-state index in [1.807, 2.05) is 36.4 Å². The van der Waals surface area contributed by atoms with Gasteiger partial charge < -0.3 is 10.1 Å². The minimum Gasteiger partial charge on any atom is -0.487 e. The Hall–Kier alpha value is -1.39. The molecule has 1 aromatic carbocycles. The molecule has 1 unspecified atom stereocenters. The molecule has 1 atom stereocenters. The van der Waals surface area contributed by atoms with E-state index in [1.165, 1.54) is 0 Å². The molecular formula is C16H19BrN2O. The molecule has 4 heteroatoms. The maximum Gasteiger partial charge on any atom is 0.138 e. The number of nitrogens with zero attached hydrogens (tertiary/aromatic N) is 1. The fourth-order valence-corrected chi connectivity index (χ4v) is 2.16. The second-order valence-electron chi connectivity index (χ2n) is 4.61. The fourth-order valence-electron chi connectivity index (χ4n) is 1.89. The van der Waals surface area contributed by atoms with Gasteiger partial charge in [0, 0.05) is 10.5 Å². The number of nitrogens with one attached hydrogen (secondary N) is 1. The molecule has 0 radical (unpaired) electrons. The molecule has 20 heavy (non-hydrogen) atoms. The van der Waals surface area contributed by atoms with Crippen LogP contribution in [0.15, 0.2) is 47.1 Å². The Bertz CT molecular complexity index is 525. The summed E-state index contributed by atoms with van der Waals surface area (Å²) >= 11 is 3.42. The molecule has 2 aromatic rings. The standard InChI is InChI=1S/C16H19BrN2O/c1-3-18-12(2)16-9-8-15(10-19-16)20-11-13-4-6-14(17)7-5-13/h4-10,12,18H,3,11H2,1-2H3. The Balaban J connectivity index is 1.92. The van der Waals surface area contributed by atoms with Crippen molar-refractivity contribution >= 4 is 15.9 Å². The lowest BCUT2D eigenvalue weighted by Gasteiger charge is -2.12. The molecule has 2 rings (SSSR count). The lowest BCUT2D eigenvalue weighted by Crippen LogP contribution is -2.18. The molecule has 0 saturated carbocycles. The third kappa shape index (κ3) is 4.32. The van der Waals surface area contributed by atoms with E-state index in [1.54, 1.807) is 6.20 Å². The highest BCUT2D eigenvalue weighted by atomic mass is 79.9. The van der Waals surface area contributed by atoms with Crippen LogP contribution in [0.3, 0.4) is 0 Å². The van der Waals surface area contributed by atoms with Gasteiger partial charge in [0.2, 0.25) is 0 Å². The summed E-state index contributed by atoms with van der Waals surface area (Å²) in [5, 5.41) is 3.34. The van der Waals surface area contributed by atoms with Gasteiger partial charge >= 0.3 is 0 Å². The smallest absolute Gasteiger partial charge is 0.138 e. The summed E-state index contributed by atoms with van der Waals surface area (Å²) in [6, 6.07) is 12.3. The first kappa shape index (κ1) is 15.0. The topological polar surface area (TPSA) is 34.1 Å². The summed E-state index contributed by atoms with van der Waals surface area (Å²) in [6.07, 6.45) is 1.78. The Kier molecular flexibility index (Phi) is 5.56. The largest absolute Gasteiger partial charge is 0.487 e. The van der Waals surface area contributed by atoms with E-state index in [9.17, 15) is 0 Å². The van der Waals surface area contributed by atoms with Crippen LogP contribution in [0, 0.1) is 0 Å². The molecule has 0 aliphatic heterocycles. The van der Waals surface area contributed by atoms with Gasteiger partial charge in [-0.15, -0.1) is 0 Å². The molecule has 1 aromatic heterocycles. The molecule has 1 N–H and O–H groups in total. The molecule has 106 valence electrons. The number of ether oxygens (including phenoxy) is 1. The summed E-state index contributed by atoms with van der Waals surface area (Å²) in [7, 11) is 0. The van der Waals surface area contributed by atoms with Crippen LogP contribution in [0.1, 0.15) is 31.1 Å². The van der Waals surface area contributed by atoms with Gasteiger partial charge in [-0.3, -0.25) is 4.98 Å². The molecule has 0 aliphatic rings. The average molecular weight is 335 g/mol. The number of hydrogen-bond donors (Lipinski definition) is 1. The number of benzene rings is 1. The van der Waals surface area contributed by atoms with Crippen molar-refractivity contribution in [1.82, 2.24) is 10.3 Å². The van der Waals surface area contributed by atoms with Crippen LogP contribution in [-0.4, -0.2) is 11.5 Å². The summed E-state index contributed by atoms with van der Waals surface area (Å²) in [5.74, 6) is 0.792. The van der Waals surface area contributed by atoms with Crippen molar-refractivity contribution in [2.24, 2.45) is 0 Å². The van der Waals surface area contributed by atoms with Gasteiger partial charge in [0.05, 0.1) is 11.9 Å². The summed E-state index contributed by atoms with van der Waals surface area (Å²) in [6.45, 7) is 5.68. The first-order valence-electron chi connectivity index (χ1n) is 6.75. The lowest BCUT2D eigenvalue weighted by atomic mass is 10.2. The first-order chi connectivity index (χ1) is 9.69. The minimum absolute atomic E-state index is 0.264. The van der Waals surface area contributed by atoms with Crippen molar-refractivity contribution in [3.8, 4) is 5.75 Å². The molecular weight excluding hydrogens is 316 g/mol. The summed E-state index contributed by atoms with van der Waals surface area (Å²) in [5.41, 5.74) is 2.17. The second kappa shape index (κ2) is 7.41. The predicted molar refractivity (Wildman–Crippen MR) is 84.8 cm³/mol. The highest BCUT2D eigenvalue weighted by molar-refractivity contribution is 9.10. The summed E-state index contributed by atoms with van der Waals surface area (Å²) < 4.78 is 6.80. The van der Waals surface area contributed by atoms with Crippen molar-refractivity contribution in [1.29, 1.82) is 0 Å². The van der Waals surface area contributed by atoms with Gasteiger partial charge in [0.15, 0.2) is 0 Å². The third-order valence-electron chi connectivity index (χ3n) is 3.03. The van der Waals surface area contributed by atoms with Gasteiger partial charge in [-0.1, -0.05) is 35.0 Å². The zero-order chi connectivity index (χ0) is 14.4. The minimum atomic E-state index is 0.264. The molecule has 0 saturated heterocycles. The van der Waals surface area contributed by atoms with Crippen LogP contribution < -0.4 is 10.1 Å². The highest BCUT2D eigenvalue weighted by Crippen LogP contribution is 2.16. The predicted octanol–water partition coefficient (Wildman–Crippen LogP) is 4.09. The van der Waals surface area contributed by atoms with Crippen LogP contribution in [-0.2, 0) is 6.61 Å². The Morgan fingerprint density at radius 3 is 2.55 bits per heavy atom. The van der Waals surface area contributed by atoms with E-state index in [0.717, 1.165) is 28.0 Å². The number of halogens is 1. The lowest BCUT2D eigenvalue weighted by molar-refractivity contribution is 0.304. The number of hydrogen-bond acceptors (Lipinski definition) is 3. The van der Waals surface area contributed by atoms with Crippen LogP contribution in [0.4, 0.5) is 0 Å². The van der Waals surface area contributed by atoms with Gasteiger partial charge in [-0.05, 0) is 43.3 Å². The van der Waals surface area contributed by atoms with Gasteiger partial charge in [-0.2, -0.15) is 0 Å². The van der Waals surface area contributed by atoms with Crippen LogP contribution in [0.2, 0.25) is 0 Å². The second-order valence-corrected chi connectivity index (χ2v) is 5.53. The molecule has 0 spiro atoms. The Morgan fingerprint density at radius 1 is 1.20 bits per heavy atom. The van der Waals surface area contributed by atoms with E-state index in [0.29, 0.717) is 6.61 Å². The maximum absolute atomic E-state index is 5.73. The van der Waals surface area contributed by atoms with Crippen molar-refractivity contribution < 1.29 is 4.74 Å². The van der Waals surface area contributed by atoms with Crippen LogP contribution in [0.5, 0.6) is 5.75 Å².